The number of aromatic nitrogens is 1. The quantitative estimate of drug-likeness (QED) is 0.691. The van der Waals surface area contributed by atoms with Gasteiger partial charge in [-0.1, -0.05) is 42.5 Å². The van der Waals surface area contributed by atoms with Crippen LogP contribution in [-0.4, -0.2) is 10.5 Å². The summed E-state index contributed by atoms with van der Waals surface area (Å²) in [6, 6.07) is 18.2. The predicted molar refractivity (Wildman–Crippen MR) is 91.9 cm³/mol. The number of hydrogen-bond donors (Lipinski definition) is 0. The van der Waals surface area contributed by atoms with Gasteiger partial charge in [0, 0.05) is 6.07 Å². The Kier molecular flexibility index (Phi) is 3.82. The normalized spacial score (nSPS) is 12.6. The van der Waals surface area contributed by atoms with Crippen LogP contribution in [0.4, 0.5) is 0 Å². The fourth-order valence-corrected chi connectivity index (χ4v) is 2.81. The Morgan fingerprint density at radius 2 is 1.76 bits per heavy atom. The van der Waals surface area contributed by atoms with Gasteiger partial charge in [0.05, 0.1) is 23.1 Å². The number of cyclic esters (lactones) is 1. The second kappa shape index (κ2) is 6.28. The van der Waals surface area contributed by atoms with Gasteiger partial charge in [-0.05, 0) is 17.7 Å². The Bertz CT molecular complexity index is 992. The Balaban J connectivity index is 1.74. The zero-order valence-electron chi connectivity index (χ0n) is 13.3. The van der Waals surface area contributed by atoms with Gasteiger partial charge in [0.1, 0.15) is 13.2 Å². The van der Waals surface area contributed by atoms with Crippen molar-refractivity contribution in [2.24, 2.45) is 0 Å². The summed E-state index contributed by atoms with van der Waals surface area (Å²) in [7, 11) is 0. The Labute approximate surface area is 144 Å². The van der Waals surface area contributed by atoms with Crippen LogP contribution in [0.1, 0.15) is 21.6 Å². The second-order valence-corrected chi connectivity index (χ2v) is 5.73. The van der Waals surface area contributed by atoms with Crippen molar-refractivity contribution in [2.45, 2.75) is 13.2 Å². The molecule has 1 aliphatic rings. The highest BCUT2D eigenvalue weighted by Gasteiger charge is 2.21. The third-order valence-electron chi connectivity index (χ3n) is 4.07. The minimum absolute atomic E-state index is 0.0434. The number of carbonyl (C=O) groups is 1. The third-order valence-corrected chi connectivity index (χ3v) is 4.07. The molecule has 0 fully saturated rings. The van der Waals surface area contributed by atoms with E-state index in [-0.39, 0.29) is 17.8 Å². The van der Waals surface area contributed by atoms with E-state index >= 15 is 0 Å². The molecule has 124 valence electrons. The zero-order chi connectivity index (χ0) is 17.2. The molecule has 1 aromatic heterocycles. The van der Waals surface area contributed by atoms with Crippen molar-refractivity contribution < 1.29 is 14.3 Å². The first-order chi connectivity index (χ1) is 12.2. The van der Waals surface area contributed by atoms with Gasteiger partial charge in [-0.25, -0.2) is 4.79 Å². The number of ether oxygens (including phenoxy) is 2. The van der Waals surface area contributed by atoms with Gasteiger partial charge >= 0.3 is 5.97 Å². The molecule has 2 heterocycles. The number of carbonyl (C=O) groups excluding carboxylic acids is 1. The lowest BCUT2D eigenvalue weighted by Crippen LogP contribution is -2.14. The van der Waals surface area contributed by atoms with E-state index in [1.807, 2.05) is 42.5 Å². The molecule has 0 aliphatic carbocycles. The monoisotopic (exact) mass is 333 g/mol. The van der Waals surface area contributed by atoms with E-state index in [2.05, 4.69) is 0 Å². The van der Waals surface area contributed by atoms with Crippen molar-refractivity contribution in [3.63, 3.8) is 0 Å². The minimum Gasteiger partial charge on any atom is -0.483 e. The average molecular weight is 333 g/mol. The van der Waals surface area contributed by atoms with E-state index in [9.17, 15) is 9.59 Å². The lowest BCUT2D eigenvalue weighted by Gasteiger charge is -2.13. The van der Waals surface area contributed by atoms with Gasteiger partial charge in [-0.2, -0.15) is 0 Å². The summed E-state index contributed by atoms with van der Waals surface area (Å²) in [6.07, 6.45) is 1.63. The highest BCUT2D eigenvalue weighted by Crippen LogP contribution is 2.23. The first-order valence-electron chi connectivity index (χ1n) is 7.91. The van der Waals surface area contributed by atoms with Crippen LogP contribution in [0.2, 0.25) is 0 Å². The lowest BCUT2D eigenvalue weighted by molar-refractivity contribution is 0.0475. The number of para-hydroxylation sites is 1. The molecule has 5 nitrogen and oxygen atoms in total. The average Bonchev–Trinajstić information content (AvgIpc) is 2.78. The van der Waals surface area contributed by atoms with Gasteiger partial charge in [0.25, 0.3) is 0 Å². The highest BCUT2D eigenvalue weighted by molar-refractivity contribution is 5.94. The minimum atomic E-state index is -0.404. The summed E-state index contributed by atoms with van der Waals surface area (Å²) >= 11 is 0. The van der Waals surface area contributed by atoms with Crippen molar-refractivity contribution in [3.05, 3.63) is 93.9 Å². The molecule has 0 saturated heterocycles. The second-order valence-electron chi connectivity index (χ2n) is 5.73. The predicted octanol–water partition coefficient (Wildman–Crippen LogP) is 3.09. The molecule has 0 atom stereocenters. The third kappa shape index (κ3) is 2.92. The number of fused-ring (bicyclic) bond motifs is 3. The van der Waals surface area contributed by atoms with Gasteiger partial charge in [-0.15, -0.1) is 0 Å². The Morgan fingerprint density at radius 1 is 1.00 bits per heavy atom. The first-order valence-corrected chi connectivity index (χ1v) is 7.91. The van der Waals surface area contributed by atoms with E-state index in [0.29, 0.717) is 23.6 Å². The van der Waals surface area contributed by atoms with Gasteiger partial charge < -0.3 is 14.0 Å². The van der Waals surface area contributed by atoms with E-state index in [1.165, 1.54) is 6.07 Å². The molecule has 0 radical (unpaired) electrons. The van der Waals surface area contributed by atoms with Crippen molar-refractivity contribution in [2.75, 3.05) is 0 Å². The lowest BCUT2D eigenvalue weighted by atomic mass is 10.1. The Morgan fingerprint density at radius 3 is 2.60 bits per heavy atom. The molecule has 5 heteroatoms. The molecule has 0 amide bonds. The van der Waals surface area contributed by atoms with Crippen LogP contribution in [0.25, 0.3) is 5.69 Å². The summed E-state index contributed by atoms with van der Waals surface area (Å²) in [6.45, 7) is 0.341. The van der Waals surface area contributed by atoms with E-state index in [1.54, 1.807) is 22.9 Å². The summed E-state index contributed by atoms with van der Waals surface area (Å²) in [5.41, 5.74) is 2.47. The van der Waals surface area contributed by atoms with Crippen molar-refractivity contribution in [3.8, 4) is 11.4 Å². The molecule has 0 bridgehead atoms. The van der Waals surface area contributed by atoms with Crippen LogP contribution in [0, 0.1) is 0 Å². The molecule has 2 aromatic carbocycles. The zero-order valence-corrected chi connectivity index (χ0v) is 13.3. The maximum absolute atomic E-state index is 12.3. The summed E-state index contributed by atoms with van der Waals surface area (Å²) in [5.74, 6) is -0.171. The SMILES string of the molecule is O=C1OCc2cc(=O)c(OCc3ccccc3)cn2-c2ccccc21. The van der Waals surface area contributed by atoms with Crippen molar-refractivity contribution in [1.29, 1.82) is 0 Å². The van der Waals surface area contributed by atoms with Crippen LogP contribution < -0.4 is 10.2 Å². The van der Waals surface area contributed by atoms with Crippen LogP contribution in [0.5, 0.6) is 5.75 Å². The molecule has 25 heavy (non-hydrogen) atoms. The molecule has 0 N–H and O–H groups in total. The molecule has 3 aromatic rings. The number of rotatable bonds is 3. The molecule has 0 unspecified atom stereocenters. The number of nitrogens with zero attached hydrogens (tertiary/aromatic N) is 1. The van der Waals surface area contributed by atoms with Gasteiger partial charge in [0.15, 0.2) is 5.75 Å². The fourth-order valence-electron chi connectivity index (χ4n) is 2.81. The number of esters is 1. The van der Waals surface area contributed by atoms with Gasteiger partial charge in [-0.3, -0.25) is 4.79 Å². The molecular formula is C20H15NO4. The standard InChI is InChI=1S/C20H15NO4/c22-18-10-15-13-25-20(23)16-8-4-5-9-17(16)21(15)11-19(18)24-12-14-6-2-1-3-7-14/h1-11H,12-13H2. The summed E-state index contributed by atoms with van der Waals surface area (Å²) in [4.78, 5) is 24.4. The first kappa shape index (κ1) is 15.2. The number of hydrogen-bond acceptors (Lipinski definition) is 4. The maximum atomic E-state index is 12.3. The molecule has 4 rings (SSSR count). The maximum Gasteiger partial charge on any atom is 0.340 e. The van der Waals surface area contributed by atoms with Crippen molar-refractivity contribution >= 4 is 5.97 Å². The van der Waals surface area contributed by atoms with Crippen LogP contribution in [0.15, 0.2) is 71.7 Å². The summed E-state index contributed by atoms with van der Waals surface area (Å²) in [5, 5.41) is 0. The fraction of sp³-hybridized carbons (Fsp3) is 0.100. The molecule has 0 saturated carbocycles. The number of benzene rings is 2. The topological polar surface area (TPSA) is 57.5 Å². The van der Waals surface area contributed by atoms with Crippen LogP contribution >= 0.6 is 0 Å². The van der Waals surface area contributed by atoms with Crippen LogP contribution in [0.3, 0.4) is 0 Å². The molecule has 1 aliphatic heterocycles. The summed E-state index contributed by atoms with van der Waals surface area (Å²) < 4.78 is 12.7. The van der Waals surface area contributed by atoms with Gasteiger partial charge in [0.2, 0.25) is 5.43 Å². The van der Waals surface area contributed by atoms with E-state index < -0.39 is 5.97 Å². The Hall–Kier alpha value is -3.34. The van der Waals surface area contributed by atoms with E-state index in [4.69, 9.17) is 9.47 Å². The van der Waals surface area contributed by atoms with Crippen LogP contribution in [-0.2, 0) is 18.0 Å². The van der Waals surface area contributed by atoms with E-state index in [0.717, 1.165) is 5.56 Å². The smallest absolute Gasteiger partial charge is 0.340 e. The highest BCUT2D eigenvalue weighted by atomic mass is 16.5. The molecular weight excluding hydrogens is 318 g/mol. The number of pyridine rings is 1. The van der Waals surface area contributed by atoms with Crippen molar-refractivity contribution in [1.82, 2.24) is 4.57 Å². The largest absolute Gasteiger partial charge is 0.483 e. The molecule has 0 spiro atoms.